The van der Waals surface area contributed by atoms with Crippen molar-refractivity contribution in [2.75, 3.05) is 10.2 Å². The second kappa shape index (κ2) is 8.83. The number of nitrogens with one attached hydrogen (secondary N) is 1. The average Bonchev–Trinajstić information content (AvgIpc) is 3.12. The van der Waals surface area contributed by atoms with E-state index in [-0.39, 0.29) is 37.2 Å². The number of anilines is 2. The van der Waals surface area contributed by atoms with Gasteiger partial charge in [0.2, 0.25) is 11.8 Å². The molecular formula is C25H22N2O4. The van der Waals surface area contributed by atoms with E-state index in [0.717, 1.165) is 11.3 Å². The van der Waals surface area contributed by atoms with Crippen LogP contribution in [-0.2, 0) is 16.2 Å². The van der Waals surface area contributed by atoms with Crippen molar-refractivity contribution in [1.29, 1.82) is 0 Å². The molecule has 1 saturated heterocycles. The maximum atomic E-state index is 13.0. The van der Waals surface area contributed by atoms with E-state index in [1.165, 1.54) is 4.90 Å². The van der Waals surface area contributed by atoms with Gasteiger partial charge in [-0.2, -0.15) is 0 Å². The molecule has 3 amide bonds. The third-order valence-electron chi connectivity index (χ3n) is 5.25. The molecule has 0 radical (unpaired) electrons. The normalized spacial score (nSPS) is 13.4. The lowest BCUT2D eigenvalue weighted by Gasteiger charge is -2.19. The molecule has 0 bridgehead atoms. The highest BCUT2D eigenvalue weighted by Gasteiger charge is 2.31. The summed E-state index contributed by atoms with van der Waals surface area (Å²) in [6, 6.07) is 21.8. The van der Waals surface area contributed by atoms with Crippen LogP contribution in [0.15, 0.2) is 72.8 Å². The van der Waals surface area contributed by atoms with Gasteiger partial charge in [-0.05, 0) is 42.8 Å². The zero-order chi connectivity index (χ0) is 21.8. The maximum Gasteiger partial charge on any atom is 0.256 e. The summed E-state index contributed by atoms with van der Waals surface area (Å²) in [6.45, 7) is 2.04. The molecule has 3 aromatic rings. The minimum atomic E-state index is -0.286. The molecular weight excluding hydrogens is 392 g/mol. The van der Waals surface area contributed by atoms with Crippen molar-refractivity contribution in [3.63, 3.8) is 0 Å². The van der Waals surface area contributed by atoms with Crippen LogP contribution < -0.4 is 15.0 Å². The highest BCUT2D eigenvalue weighted by molar-refractivity contribution is 6.20. The Kier molecular flexibility index (Phi) is 5.80. The second-order valence-corrected chi connectivity index (χ2v) is 7.29. The van der Waals surface area contributed by atoms with Gasteiger partial charge in [-0.1, -0.05) is 42.5 Å². The van der Waals surface area contributed by atoms with E-state index < -0.39 is 0 Å². The van der Waals surface area contributed by atoms with E-state index in [9.17, 15) is 14.4 Å². The number of nitrogens with zero attached hydrogens (tertiary/aromatic N) is 1. The van der Waals surface area contributed by atoms with Gasteiger partial charge in [0.25, 0.3) is 5.91 Å². The first kappa shape index (κ1) is 20.3. The number of amides is 3. The fourth-order valence-corrected chi connectivity index (χ4v) is 3.58. The number of benzene rings is 3. The van der Waals surface area contributed by atoms with Crippen LogP contribution in [0, 0.1) is 6.92 Å². The van der Waals surface area contributed by atoms with Gasteiger partial charge in [0, 0.05) is 29.7 Å². The smallest absolute Gasteiger partial charge is 0.256 e. The van der Waals surface area contributed by atoms with Crippen molar-refractivity contribution in [3.8, 4) is 5.75 Å². The summed E-state index contributed by atoms with van der Waals surface area (Å²) in [7, 11) is 0. The zero-order valence-electron chi connectivity index (χ0n) is 17.1. The Hall–Kier alpha value is -3.93. The van der Waals surface area contributed by atoms with Gasteiger partial charge in [0.1, 0.15) is 12.4 Å². The van der Waals surface area contributed by atoms with Crippen LogP contribution in [0.2, 0.25) is 0 Å². The summed E-state index contributed by atoms with van der Waals surface area (Å²) < 4.78 is 5.81. The third kappa shape index (κ3) is 4.33. The van der Waals surface area contributed by atoms with Crippen LogP contribution >= 0.6 is 0 Å². The molecule has 0 aliphatic carbocycles. The summed E-state index contributed by atoms with van der Waals surface area (Å²) in [4.78, 5) is 38.5. The van der Waals surface area contributed by atoms with Crippen LogP contribution in [0.1, 0.15) is 34.3 Å². The number of imide groups is 1. The van der Waals surface area contributed by atoms with Gasteiger partial charge in [-0.3, -0.25) is 19.3 Å². The van der Waals surface area contributed by atoms with Gasteiger partial charge in [0.05, 0.1) is 5.69 Å². The molecule has 0 atom stereocenters. The number of rotatable bonds is 6. The van der Waals surface area contributed by atoms with E-state index in [0.29, 0.717) is 22.5 Å². The molecule has 4 rings (SSSR count). The van der Waals surface area contributed by atoms with Crippen LogP contribution in [0.5, 0.6) is 5.75 Å². The number of hydrogen-bond acceptors (Lipinski definition) is 4. The Bertz CT molecular complexity index is 1130. The molecule has 6 nitrogen and oxygen atoms in total. The van der Waals surface area contributed by atoms with E-state index in [2.05, 4.69) is 5.32 Å². The Morgan fingerprint density at radius 2 is 1.58 bits per heavy atom. The van der Waals surface area contributed by atoms with Crippen LogP contribution in [-0.4, -0.2) is 17.7 Å². The molecule has 1 fully saturated rings. The highest BCUT2D eigenvalue weighted by Crippen LogP contribution is 2.31. The van der Waals surface area contributed by atoms with E-state index in [4.69, 9.17) is 4.74 Å². The van der Waals surface area contributed by atoms with Crippen molar-refractivity contribution in [1.82, 2.24) is 0 Å². The molecule has 1 aliphatic heterocycles. The van der Waals surface area contributed by atoms with Gasteiger partial charge >= 0.3 is 0 Å². The largest absolute Gasteiger partial charge is 0.489 e. The van der Waals surface area contributed by atoms with E-state index in [1.54, 1.807) is 37.3 Å². The monoisotopic (exact) mass is 414 g/mol. The first-order chi connectivity index (χ1) is 15.0. The molecule has 1 heterocycles. The summed E-state index contributed by atoms with van der Waals surface area (Å²) in [5.74, 6) is -0.00671. The molecule has 31 heavy (non-hydrogen) atoms. The standard InChI is InChI=1S/C25H22N2O4/c1-17-21(12-7-13-22(17)27-23(28)14-15-24(27)29)26-25(30)20-11-6-5-8-18(20)16-31-19-9-3-2-4-10-19/h2-13H,14-16H2,1H3,(H,26,30). The van der Waals surface area contributed by atoms with Crippen molar-refractivity contribution < 1.29 is 19.1 Å². The minimum Gasteiger partial charge on any atom is -0.489 e. The maximum absolute atomic E-state index is 13.0. The van der Waals surface area contributed by atoms with Crippen molar-refractivity contribution in [2.45, 2.75) is 26.4 Å². The minimum absolute atomic E-state index is 0.212. The van der Waals surface area contributed by atoms with Gasteiger partial charge in [-0.25, -0.2) is 0 Å². The van der Waals surface area contributed by atoms with E-state index in [1.807, 2.05) is 42.5 Å². The molecule has 156 valence electrons. The quantitative estimate of drug-likeness (QED) is 0.604. The lowest BCUT2D eigenvalue weighted by molar-refractivity contribution is -0.121. The van der Waals surface area contributed by atoms with Crippen molar-refractivity contribution >= 4 is 29.1 Å². The predicted molar refractivity (Wildman–Crippen MR) is 118 cm³/mol. The molecule has 0 unspecified atom stereocenters. The predicted octanol–water partition coefficient (Wildman–Crippen LogP) is 4.48. The zero-order valence-corrected chi connectivity index (χ0v) is 17.1. The van der Waals surface area contributed by atoms with Crippen molar-refractivity contribution in [2.24, 2.45) is 0 Å². The van der Waals surface area contributed by atoms with Gasteiger partial charge in [0.15, 0.2) is 0 Å². The molecule has 0 spiro atoms. The molecule has 3 aromatic carbocycles. The molecule has 6 heteroatoms. The number of carbonyl (C=O) groups is 3. The molecule has 0 saturated carbocycles. The topological polar surface area (TPSA) is 75.7 Å². The van der Waals surface area contributed by atoms with Crippen LogP contribution in [0.3, 0.4) is 0 Å². The molecule has 1 N–H and O–H groups in total. The summed E-state index contributed by atoms with van der Waals surface area (Å²) in [5, 5.41) is 2.91. The van der Waals surface area contributed by atoms with Crippen molar-refractivity contribution in [3.05, 3.63) is 89.5 Å². The summed E-state index contributed by atoms with van der Waals surface area (Å²) >= 11 is 0. The Morgan fingerprint density at radius 3 is 2.32 bits per heavy atom. The van der Waals surface area contributed by atoms with Gasteiger partial charge in [-0.15, -0.1) is 0 Å². The lowest BCUT2D eigenvalue weighted by atomic mass is 10.1. The highest BCUT2D eigenvalue weighted by atomic mass is 16.5. The molecule has 1 aliphatic rings. The van der Waals surface area contributed by atoms with Gasteiger partial charge < -0.3 is 10.1 Å². The third-order valence-corrected chi connectivity index (χ3v) is 5.25. The number of carbonyl (C=O) groups excluding carboxylic acids is 3. The van der Waals surface area contributed by atoms with Crippen LogP contribution in [0.25, 0.3) is 0 Å². The molecule has 0 aromatic heterocycles. The first-order valence-corrected chi connectivity index (χ1v) is 10.1. The Balaban J connectivity index is 1.55. The summed E-state index contributed by atoms with van der Waals surface area (Å²) in [5.41, 5.74) is 2.97. The number of hydrogen-bond donors (Lipinski definition) is 1. The SMILES string of the molecule is Cc1c(NC(=O)c2ccccc2COc2ccccc2)cccc1N1C(=O)CCC1=O. The average molecular weight is 414 g/mol. The van der Waals surface area contributed by atoms with E-state index >= 15 is 0 Å². The second-order valence-electron chi connectivity index (χ2n) is 7.29. The number of ether oxygens (including phenoxy) is 1. The first-order valence-electron chi connectivity index (χ1n) is 10.1. The summed E-state index contributed by atoms with van der Waals surface area (Å²) in [6.07, 6.45) is 0.424. The Morgan fingerprint density at radius 1 is 0.903 bits per heavy atom. The fraction of sp³-hybridized carbons (Fsp3) is 0.160. The lowest BCUT2D eigenvalue weighted by Crippen LogP contribution is -2.29. The number of para-hydroxylation sites is 1. The fourth-order valence-electron chi connectivity index (χ4n) is 3.58. The Labute approximate surface area is 180 Å². The van der Waals surface area contributed by atoms with Crippen LogP contribution in [0.4, 0.5) is 11.4 Å².